The third-order valence-electron chi connectivity index (χ3n) is 0. The summed E-state index contributed by atoms with van der Waals surface area (Å²) in [7, 11) is -23.6. The van der Waals surface area contributed by atoms with E-state index in [1.165, 1.54) is 0 Å². The molecule has 27 heavy (non-hydrogen) atoms. The summed E-state index contributed by atoms with van der Waals surface area (Å²) >= 11 is 0. The molecule has 27 heteroatoms. The molecule has 0 rings (SSSR count). The summed E-state index contributed by atoms with van der Waals surface area (Å²) in [4.78, 5) is 149. The molecule has 0 bridgehead atoms. The quantitative estimate of drug-likeness (QED) is 0.131. The third-order valence-corrected chi connectivity index (χ3v) is 0. The van der Waals surface area contributed by atoms with Crippen molar-refractivity contribution in [3.8, 4) is 0 Å². The van der Waals surface area contributed by atoms with Crippen LogP contribution in [0.1, 0.15) is 0 Å². The van der Waals surface area contributed by atoms with E-state index in [9.17, 15) is 0 Å². The number of hydrogen-bond donors (Lipinski definition) is 18. The van der Waals surface area contributed by atoms with E-state index in [2.05, 4.69) is 0 Å². The maximum atomic E-state index is 8.80. The Kier molecular flexibility index (Phi) is 35.3. The standard InChI is InChI=1S/2Na.4H4O4Si.H2O4Si/c;;5*1-5(2,3)4/h;;4*1-4H;1-2H/q2*+1;;;;;-2. The second kappa shape index (κ2) is 20.2. The molecule has 0 heterocycles. The van der Waals surface area contributed by atoms with Crippen LogP contribution in [0.15, 0.2) is 0 Å². The first-order chi connectivity index (χ1) is 10.0. The smallest absolute Gasteiger partial charge is 0.828 e. The van der Waals surface area contributed by atoms with Gasteiger partial charge >= 0.3 is 95.3 Å². The van der Waals surface area contributed by atoms with E-state index < -0.39 is 45.2 Å². The number of rotatable bonds is 0. The topological polar surface area (TPSA) is 410 Å². The molecule has 0 saturated carbocycles. The van der Waals surface area contributed by atoms with E-state index in [1.54, 1.807) is 0 Å². The van der Waals surface area contributed by atoms with Gasteiger partial charge in [0.2, 0.25) is 0 Å². The van der Waals surface area contributed by atoms with Gasteiger partial charge < -0.3 is 95.9 Å². The van der Waals surface area contributed by atoms with Crippen LogP contribution < -0.4 is 68.7 Å². The summed E-state index contributed by atoms with van der Waals surface area (Å²) in [6.45, 7) is 0. The second-order valence-electron chi connectivity index (χ2n) is 2.95. The van der Waals surface area contributed by atoms with Crippen LogP contribution >= 0.6 is 0 Å². The first-order valence-corrected chi connectivity index (χ1v) is 13.3. The van der Waals surface area contributed by atoms with E-state index in [-0.39, 0.29) is 59.1 Å². The average molecular weight is 525 g/mol. The number of hydrogen-bond acceptors (Lipinski definition) is 20. The van der Waals surface area contributed by atoms with Crippen molar-refractivity contribution in [2.75, 3.05) is 0 Å². The van der Waals surface area contributed by atoms with E-state index in [0.29, 0.717) is 0 Å². The SMILES string of the molecule is O[Si](O)(O)O.O[Si](O)(O)O.O[Si](O)(O)O.O[Si](O)(O)O.[Na+].[Na+].[O-][Si]([O-])(O)O. The van der Waals surface area contributed by atoms with Crippen molar-refractivity contribution in [3.63, 3.8) is 0 Å². The Morgan fingerprint density at radius 3 is 0.296 bits per heavy atom. The van der Waals surface area contributed by atoms with Gasteiger partial charge in [0.05, 0.1) is 0 Å². The predicted molar refractivity (Wildman–Crippen MR) is 68.7 cm³/mol. The maximum absolute atomic E-state index is 8.80. The zero-order valence-corrected chi connectivity index (χ0v) is 22.4. The fourth-order valence-corrected chi connectivity index (χ4v) is 0. The van der Waals surface area contributed by atoms with Gasteiger partial charge in [-0.25, -0.2) is 0 Å². The molecule has 0 saturated heterocycles. The molecule has 0 unspecified atom stereocenters. The Bertz CT molecular complexity index is 176. The molecule has 0 aromatic rings. The minimum Gasteiger partial charge on any atom is -0.828 e. The summed E-state index contributed by atoms with van der Waals surface area (Å²) in [6, 6.07) is 0. The van der Waals surface area contributed by atoms with Gasteiger partial charge in [0, 0.05) is 0 Å². The first kappa shape index (κ1) is 47.2. The van der Waals surface area contributed by atoms with Gasteiger partial charge in [-0.15, -0.1) is 0 Å². The molecular formula is H18Na2O20Si5. The summed E-state index contributed by atoms with van der Waals surface area (Å²) < 4.78 is 0. The minimum absolute atomic E-state index is 0. The average Bonchev–Trinajstić information content (AvgIpc) is 1.79. The molecule has 0 amide bonds. The predicted octanol–water partition coefficient (Wildman–Crippen LogP) is -20.3. The van der Waals surface area contributed by atoms with Gasteiger partial charge in [-0.3, -0.25) is 0 Å². The fourth-order valence-electron chi connectivity index (χ4n) is 0. The zero-order chi connectivity index (χ0) is 22.5. The molecule has 0 aliphatic heterocycles. The summed E-state index contributed by atoms with van der Waals surface area (Å²) in [5.74, 6) is 0. The van der Waals surface area contributed by atoms with Gasteiger partial charge in [-0.1, -0.05) is 0 Å². The Morgan fingerprint density at radius 1 is 0.296 bits per heavy atom. The van der Waals surface area contributed by atoms with Crippen LogP contribution in [-0.2, 0) is 0 Å². The molecule has 0 aliphatic carbocycles. The molecule has 0 atom stereocenters. The summed E-state index contributed by atoms with van der Waals surface area (Å²) in [5, 5.41) is 0. The molecule has 0 fully saturated rings. The molecule has 160 valence electrons. The minimum atomic E-state index is -5.11. The Balaban J connectivity index is -0.0000000364. The summed E-state index contributed by atoms with van der Waals surface area (Å²) in [5.41, 5.74) is 0. The van der Waals surface area contributed by atoms with Crippen molar-refractivity contribution >= 4 is 45.2 Å². The maximum Gasteiger partial charge on any atom is 1.00 e. The van der Waals surface area contributed by atoms with E-state index in [0.717, 1.165) is 0 Å². The second-order valence-corrected chi connectivity index (χ2v) is 8.85. The van der Waals surface area contributed by atoms with Crippen LogP contribution in [0.4, 0.5) is 0 Å². The normalized spacial score (nSPS) is 11.1. The van der Waals surface area contributed by atoms with Gasteiger partial charge in [0.25, 0.3) is 0 Å². The zero-order valence-electron chi connectivity index (χ0n) is 13.4. The monoisotopic (exact) mass is 524 g/mol. The first-order valence-electron chi connectivity index (χ1n) is 4.43. The Morgan fingerprint density at radius 2 is 0.296 bits per heavy atom. The van der Waals surface area contributed by atoms with Crippen molar-refractivity contribution in [2.24, 2.45) is 0 Å². The van der Waals surface area contributed by atoms with Crippen molar-refractivity contribution in [1.29, 1.82) is 0 Å². The van der Waals surface area contributed by atoms with Crippen LogP contribution in [0.5, 0.6) is 0 Å². The van der Waals surface area contributed by atoms with Gasteiger partial charge in [0.1, 0.15) is 9.05 Å². The van der Waals surface area contributed by atoms with Crippen molar-refractivity contribution in [3.05, 3.63) is 0 Å². The molecule has 18 N–H and O–H groups in total. The molecule has 0 aromatic carbocycles. The van der Waals surface area contributed by atoms with Gasteiger partial charge in [-0.05, 0) is 0 Å². The van der Waals surface area contributed by atoms with Crippen molar-refractivity contribution in [2.45, 2.75) is 0 Å². The Labute approximate surface area is 198 Å². The van der Waals surface area contributed by atoms with Crippen LogP contribution in [-0.4, -0.2) is 132 Å². The van der Waals surface area contributed by atoms with Crippen molar-refractivity contribution in [1.82, 2.24) is 0 Å². The van der Waals surface area contributed by atoms with Crippen LogP contribution in [0.2, 0.25) is 0 Å². The van der Waals surface area contributed by atoms with E-state index >= 15 is 0 Å². The Hall–Kier alpha value is 2.28. The van der Waals surface area contributed by atoms with Crippen molar-refractivity contribution < 1.29 is 155 Å². The fraction of sp³-hybridized carbons (Fsp3) is 0. The third kappa shape index (κ3) is 3740. The summed E-state index contributed by atoms with van der Waals surface area (Å²) in [6.07, 6.45) is 0. The van der Waals surface area contributed by atoms with Gasteiger partial charge in [-0.2, -0.15) is 0 Å². The molecule has 0 spiro atoms. The van der Waals surface area contributed by atoms with E-state index in [4.69, 9.17) is 95.9 Å². The molecule has 0 aliphatic rings. The molecular weight excluding hydrogens is 506 g/mol. The van der Waals surface area contributed by atoms with Gasteiger partial charge in [0.15, 0.2) is 0 Å². The largest absolute Gasteiger partial charge is 1.00 e. The molecule has 0 radical (unpaired) electrons. The van der Waals surface area contributed by atoms with Crippen LogP contribution in [0.25, 0.3) is 0 Å². The van der Waals surface area contributed by atoms with Crippen LogP contribution in [0, 0.1) is 0 Å². The van der Waals surface area contributed by atoms with Crippen LogP contribution in [0.3, 0.4) is 0 Å². The molecule has 0 aromatic heterocycles. The van der Waals surface area contributed by atoms with E-state index in [1.807, 2.05) is 0 Å². The molecule has 20 nitrogen and oxygen atoms in total.